The Labute approximate surface area is 116 Å². The number of fused-ring (bicyclic) bond motifs is 1. The second kappa shape index (κ2) is 4.90. The summed E-state index contributed by atoms with van der Waals surface area (Å²) in [7, 11) is -2.93. The van der Waals surface area contributed by atoms with Crippen LogP contribution in [0.2, 0.25) is 0 Å². The molecule has 2 aromatic rings. The van der Waals surface area contributed by atoms with Crippen LogP contribution in [0.3, 0.4) is 0 Å². The highest BCUT2D eigenvalue weighted by atomic mass is 32.2. The SMILES string of the molecule is O=C(CC1CCS(=O)(=O)C1)Nc1ccc2[nH]ncc2c1. The van der Waals surface area contributed by atoms with Crippen molar-refractivity contribution in [2.24, 2.45) is 5.92 Å². The van der Waals surface area contributed by atoms with E-state index in [9.17, 15) is 13.2 Å². The van der Waals surface area contributed by atoms with Crippen LogP contribution in [0, 0.1) is 5.92 Å². The molecule has 6 nitrogen and oxygen atoms in total. The lowest BCUT2D eigenvalue weighted by molar-refractivity contribution is -0.116. The quantitative estimate of drug-likeness (QED) is 0.893. The van der Waals surface area contributed by atoms with Crippen LogP contribution in [-0.4, -0.2) is 36.0 Å². The average Bonchev–Trinajstić information content (AvgIpc) is 2.95. The molecule has 0 aliphatic carbocycles. The van der Waals surface area contributed by atoms with Crippen LogP contribution >= 0.6 is 0 Å². The highest BCUT2D eigenvalue weighted by Crippen LogP contribution is 2.23. The molecule has 1 aromatic carbocycles. The van der Waals surface area contributed by atoms with E-state index in [-0.39, 0.29) is 29.8 Å². The molecular formula is C13H15N3O3S. The minimum absolute atomic E-state index is 0.0577. The van der Waals surface area contributed by atoms with Gasteiger partial charge in [-0.1, -0.05) is 0 Å². The Morgan fingerprint density at radius 3 is 3.05 bits per heavy atom. The van der Waals surface area contributed by atoms with Crippen LogP contribution < -0.4 is 5.32 Å². The molecule has 1 aliphatic heterocycles. The van der Waals surface area contributed by atoms with Crippen molar-refractivity contribution in [1.82, 2.24) is 10.2 Å². The summed E-state index contributed by atoms with van der Waals surface area (Å²) in [4.78, 5) is 11.9. The lowest BCUT2D eigenvalue weighted by atomic mass is 10.0. The van der Waals surface area contributed by atoms with Gasteiger partial charge in [-0.05, 0) is 30.5 Å². The predicted molar refractivity (Wildman–Crippen MR) is 76.1 cm³/mol. The number of H-pyrrole nitrogens is 1. The fourth-order valence-corrected chi connectivity index (χ4v) is 4.39. The molecule has 0 bridgehead atoms. The van der Waals surface area contributed by atoms with E-state index in [2.05, 4.69) is 15.5 Å². The highest BCUT2D eigenvalue weighted by molar-refractivity contribution is 7.91. The Balaban J connectivity index is 1.64. The summed E-state index contributed by atoms with van der Waals surface area (Å²) in [6.45, 7) is 0. The number of hydrogen-bond acceptors (Lipinski definition) is 4. The number of sulfone groups is 1. The molecule has 1 amide bonds. The van der Waals surface area contributed by atoms with Crippen LogP contribution in [0.1, 0.15) is 12.8 Å². The van der Waals surface area contributed by atoms with E-state index in [1.807, 2.05) is 12.1 Å². The first-order chi connectivity index (χ1) is 9.52. The largest absolute Gasteiger partial charge is 0.326 e. The summed E-state index contributed by atoms with van der Waals surface area (Å²) < 4.78 is 22.7. The number of aromatic amines is 1. The molecule has 0 saturated carbocycles. The summed E-state index contributed by atoms with van der Waals surface area (Å²) >= 11 is 0. The van der Waals surface area contributed by atoms with Gasteiger partial charge >= 0.3 is 0 Å². The highest BCUT2D eigenvalue weighted by Gasteiger charge is 2.29. The number of nitrogens with one attached hydrogen (secondary N) is 2. The molecular weight excluding hydrogens is 278 g/mol. The number of hydrogen-bond donors (Lipinski definition) is 2. The molecule has 0 radical (unpaired) electrons. The van der Waals surface area contributed by atoms with Gasteiger partial charge in [-0.3, -0.25) is 9.89 Å². The van der Waals surface area contributed by atoms with E-state index in [0.717, 1.165) is 10.9 Å². The Hall–Kier alpha value is -1.89. The van der Waals surface area contributed by atoms with E-state index >= 15 is 0 Å². The predicted octanol–water partition coefficient (Wildman–Crippen LogP) is 1.33. The minimum atomic E-state index is -2.93. The maximum atomic E-state index is 11.9. The summed E-state index contributed by atoms with van der Waals surface area (Å²) in [5.74, 6) is 0.125. The molecule has 2 N–H and O–H groups in total. The molecule has 7 heteroatoms. The van der Waals surface area contributed by atoms with Crippen LogP contribution in [0.5, 0.6) is 0 Å². The number of rotatable bonds is 3. The van der Waals surface area contributed by atoms with Crippen molar-refractivity contribution in [2.45, 2.75) is 12.8 Å². The van der Waals surface area contributed by atoms with E-state index in [1.54, 1.807) is 12.3 Å². The van der Waals surface area contributed by atoms with Gasteiger partial charge in [0.05, 0.1) is 23.2 Å². The Morgan fingerprint density at radius 1 is 1.45 bits per heavy atom. The van der Waals surface area contributed by atoms with Crippen molar-refractivity contribution in [1.29, 1.82) is 0 Å². The van der Waals surface area contributed by atoms with E-state index in [0.29, 0.717) is 12.1 Å². The average molecular weight is 293 g/mol. The smallest absolute Gasteiger partial charge is 0.224 e. The van der Waals surface area contributed by atoms with Gasteiger partial charge in [0.15, 0.2) is 9.84 Å². The van der Waals surface area contributed by atoms with E-state index in [4.69, 9.17) is 0 Å². The summed E-state index contributed by atoms with van der Waals surface area (Å²) in [5, 5.41) is 10.5. The van der Waals surface area contributed by atoms with Gasteiger partial charge in [0.2, 0.25) is 5.91 Å². The van der Waals surface area contributed by atoms with E-state index < -0.39 is 9.84 Å². The van der Waals surface area contributed by atoms with Gasteiger partial charge in [0.25, 0.3) is 0 Å². The second-order valence-corrected chi connectivity index (χ2v) is 7.42. The number of carbonyl (C=O) groups is 1. The second-order valence-electron chi connectivity index (χ2n) is 5.19. The van der Waals surface area contributed by atoms with Crippen LogP contribution in [0.25, 0.3) is 10.9 Å². The van der Waals surface area contributed by atoms with Crippen molar-refractivity contribution in [3.8, 4) is 0 Å². The minimum Gasteiger partial charge on any atom is -0.326 e. The third-order valence-corrected chi connectivity index (χ3v) is 5.36. The van der Waals surface area contributed by atoms with Gasteiger partial charge in [-0.2, -0.15) is 5.10 Å². The van der Waals surface area contributed by atoms with Crippen LogP contribution in [0.4, 0.5) is 5.69 Å². The van der Waals surface area contributed by atoms with Crippen LogP contribution in [0.15, 0.2) is 24.4 Å². The number of amides is 1. The number of anilines is 1. The molecule has 1 atom stereocenters. The van der Waals surface area contributed by atoms with E-state index in [1.165, 1.54) is 0 Å². The standard InChI is InChI=1S/C13H15N3O3S/c17-13(5-9-3-4-20(18,19)8-9)15-11-1-2-12-10(6-11)7-14-16-12/h1-2,6-7,9H,3-5,8H2,(H,14,16)(H,15,17). The topological polar surface area (TPSA) is 91.9 Å². The van der Waals surface area contributed by atoms with Crippen molar-refractivity contribution < 1.29 is 13.2 Å². The fraction of sp³-hybridized carbons (Fsp3) is 0.385. The third kappa shape index (κ3) is 2.82. The van der Waals surface area contributed by atoms with Gasteiger partial charge in [-0.15, -0.1) is 0 Å². The first-order valence-corrected chi connectivity index (χ1v) is 8.27. The normalized spacial score (nSPS) is 21.1. The Bertz CT molecular complexity index is 751. The number of nitrogens with zero attached hydrogens (tertiary/aromatic N) is 1. The Kier molecular flexibility index (Phi) is 3.21. The van der Waals surface area contributed by atoms with Gasteiger partial charge in [0.1, 0.15) is 0 Å². The first kappa shape index (κ1) is 13.1. The van der Waals surface area contributed by atoms with Gasteiger partial charge in [-0.25, -0.2) is 8.42 Å². The maximum Gasteiger partial charge on any atom is 0.224 e. The molecule has 3 rings (SSSR count). The molecule has 1 aliphatic rings. The zero-order valence-electron chi connectivity index (χ0n) is 10.8. The van der Waals surface area contributed by atoms with Crippen molar-refractivity contribution >= 4 is 32.3 Å². The molecule has 20 heavy (non-hydrogen) atoms. The van der Waals surface area contributed by atoms with Crippen LogP contribution in [-0.2, 0) is 14.6 Å². The van der Waals surface area contributed by atoms with Gasteiger partial charge < -0.3 is 5.32 Å². The zero-order chi connectivity index (χ0) is 14.2. The lowest BCUT2D eigenvalue weighted by Gasteiger charge is -2.08. The molecule has 1 saturated heterocycles. The molecule has 1 unspecified atom stereocenters. The zero-order valence-corrected chi connectivity index (χ0v) is 11.6. The third-order valence-electron chi connectivity index (χ3n) is 3.52. The van der Waals surface area contributed by atoms with Crippen molar-refractivity contribution in [3.05, 3.63) is 24.4 Å². The summed E-state index contributed by atoms with van der Waals surface area (Å²) in [6, 6.07) is 5.48. The molecule has 1 fully saturated rings. The maximum absolute atomic E-state index is 11.9. The molecule has 106 valence electrons. The Morgan fingerprint density at radius 2 is 2.30 bits per heavy atom. The number of carbonyl (C=O) groups excluding carboxylic acids is 1. The molecule has 2 heterocycles. The fourth-order valence-electron chi connectivity index (χ4n) is 2.53. The lowest BCUT2D eigenvalue weighted by Crippen LogP contribution is -2.17. The number of aromatic nitrogens is 2. The summed E-state index contributed by atoms with van der Waals surface area (Å²) in [6.07, 6.45) is 2.52. The molecule has 1 aromatic heterocycles. The van der Waals surface area contributed by atoms with Crippen molar-refractivity contribution in [3.63, 3.8) is 0 Å². The van der Waals surface area contributed by atoms with Crippen molar-refractivity contribution in [2.75, 3.05) is 16.8 Å². The van der Waals surface area contributed by atoms with Gasteiger partial charge in [0, 0.05) is 17.5 Å². The molecule has 0 spiro atoms. The monoisotopic (exact) mass is 293 g/mol. The first-order valence-electron chi connectivity index (χ1n) is 6.45. The summed E-state index contributed by atoms with van der Waals surface area (Å²) in [5.41, 5.74) is 1.61. The number of benzene rings is 1.